The second-order valence-corrected chi connectivity index (χ2v) is 4.30. The van der Waals surface area contributed by atoms with Crippen LogP contribution < -0.4 is 5.73 Å². The molecule has 0 spiro atoms. The number of rotatable bonds is 0. The molecule has 0 saturated carbocycles. The highest BCUT2D eigenvalue weighted by molar-refractivity contribution is 5.02. The third-order valence-corrected chi connectivity index (χ3v) is 2.98. The Kier molecular flexibility index (Phi) is 5.50. The summed E-state index contributed by atoms with van der Waals surface area (Å²) in [7, 11) is 0. The van der Waals surface area contributed by atoms with Crippen molar-refractivity contribution < 1.29 is 5.11 Å². The molecule has 0 unspecified atom stereocenters. The van der Waals surface area contributed by atoms with E-state index in [-0.39, 0.29) is 0 Å². The molecule has 1 aliphatic rings. The molecule has 0 fully saturated rings. The Balaban J connectivity index is 2.37. The SMILES string of the molecule is N/C1=C(\O)CCCCCCCCCC1. The van der Waals surface area contributed by atoms with Crippen LogP contribution in [-0.4, -0.2) is 5.11 Å². The molecule has 0 aromatic heterocycles. The highest BCUT2D eigenvalue weighted by Crippen LogP contribution is 2.17. The van der Waals surface area contributed by atoms with Gasteiger partial charge in [-0.25, -0.2) is 0 Å². The average Bonchev–Trinajstić information content (AvgIpc) is 2.18. The van der Waals surface area contributed by atoms with E-state index < -0.39 is 0 Å². The first-order valence-electron chi connectivity index (χ1n) is 5.97. The zero-order valence-electron chi connectivity index (χ0n) is 9.10. The Morgan fingerprint density at radius 1 is 0.714 bits per heavy atom. The van der Waals surface area contributed by atoms with E-state index in [0.29, 0.717) is 5.76 Å². The second kappa shape index (κ2) is 6.74. The predicted molar refractivity (Wildman–Crippen MR) is 60.0 cm³/mol. The zero-order valence-corrected chi connectivity index (χ0v) is 9.10. The Hall–Kier alpha value is -0.660. The molecular formula is C12H23NO. The van der Waals surface area contributed by atoms with Gasteiger partial charge in [-0.15, -0.1) is 0 Å². The third kappa shape index (κ3) is 4.54. The normalized spacial score (nSPS) is 27.7. The Labute approximate surface area is 87.2 Å². The molecule has 3 N–H and O–H groups in total. The summed E-state index contributed by atoms with van der Waals surface area (Å²) in [6.07, 6.45) is 11.8. The lowest BCUT2D eigenvalue weighted by Crippen LogP contribution is -2.03. The molecule has 0 atom stereocenters. The van der Waals surface area contributed by atoms with Crippen molar-refractivity contribution in [3.63, 3.8) is 0 Å². The van der Waals surface area contributed by atoms with Gasteiger partial charge in [0, 0.05) is 12.1 Å². The molecule has 82 valence electrons. The van der Waals surface area contributed by atoms with Crippen molar-refractivity contribution >= 4 is 0 Å². The van der Waals surface area contributed by atoms with Gasteiger partial charge < -0.3 is 10.8 Å². The summed E-state index contributed by atoms with van der Waals surface area (Å²) in [6.45, 7) is 0. The first kappa shape index (κ1) is 11.4. The number of hydrogen-bond donors (Lipinski definition) is 2. The lowest BCUT2D eigenvalue weighted by atomic mass is 10.0. The largest absolute Gasteiger partial charge is 0.511 e. The molecule has 0 amide bonds. The van der Waals surface area contributed by atoms with Crippen LogP contribution in [0.2, 0.25) is 0 Å². The fourth-order valence-corrected chi connectivity index (χ4v) is 1.97. The Bertz CT molecular complexity index is 167. The lowest BCUT2D eigenvalue weighted by molar-refractivity contribution is 0.367. The monoisotopic (exact) mass is 197 g/mol. The molecule has 0 aliphatic heterocycles. The van der Waals surface area contributed by atoms with Gasteiger partial charge in [-0.05, 0) is 19.3 Å². The Morgan fingerprint density at radius 2 is 1.14 bits per heavy atom. The Morgan fingerprint density at radius 3 is 1.71 bits per heavy atom. The minimum absolute atomic E-state index is 0.450. The molecule has 14 heavy (non-hydrogen) atoms. The summed E-state index contributed by atoms with van der Waals surface area (Å²) in [5.74, 6) is 0.450. The molecule has 2 nitrogen and oxygen atoms in total. The van der Waals surface area contributed by atoms with Gasteiger partial charge in [0.2, 0.25) is 0 Å². The average molecular weight is 197 g/mol. The van der Waals surface area contributed by atoms with Gasteiger partial charge in [0.1, 0.15) is 5.76 Å². The molecule has 0 heterocycles. The second-order valence-electron chi connectivity index (χ2n) is 4.30. The summed E-state index contributed by atoms with van der Waals surface area (Å²) in [6, 6.07) is 0. The smallest absolute Gasteiger partial charge is 0.111 e. The first-order chi connectivity index (χ1) is 6.80. The van der Waals surface area contributed by atoms with E-state index in [1.807, 2.05) is 0 Å². The zero-order chi connectivity index (χ0) is 10.2. The van der Waals surface area contributed by atoms with Crippen LogP contribution in [0.1, 0.15) is 64.2 Å². The summed E-state index contributed by atoms with van der Waals surface area (Å²) < 4.78 is 0. The van der Waals surface area contributed by atoms with Crippen molar-refractivity contribution in [1.29, 1.82) is 0 Å². The molecule has 1 aliphatic carbocycles. The highest BCUT2D eigenvalue weighted by Gasteiger charge is 2.03. The summed E-state index contributed by atoms with van der Waals surface area (Å²) >= 11 is 0. The van der Waals surface area contributed by atoms with Crippen molar-refractivity contribution in [3.8, 4) is 0 Å². The minimum atomic E-state index is 0.450. The standard InChI is InChI=1S/C12H23NO/c13-11-9-7-5-3-1-2-4-6-8-10-12(11)14/h14H,1-10,13H2/b12-11-. The van der Waals surface area contributed by atoms with Gasteiger partial charge in [0.15, 0.2) is 0 Å². The molecule has 0 saturated heterocycles. The van der Waals surface area contributed by atoms with Crippen molar-refractivity contribution in [2.75, 3.05) is 0 Å². The van der Waals surface area contributed by atoms with E-state index in [1.165, 1.54) is 38.5 Å². The van der Waals surface area contributed by atoms with Crippen molar-refractivity contribution in [3.05, 3.63) is 11.5 Å². The molecule has 0 aromatic carbocycles. The number of nitrogens with two attached hydrogens (primary N) is 1. The number of aliphatic hydroxyl groups is 1. The maximum absolute atomic E-state index is 9.62. The molecule has 1 rings (SSSR count). The fourth-order valence-electron chi connectivity index (χ4n) is 1.97. The number of allylic oxidation sites excluding steroid dienone is 2. The van der Waals surface area contributed by atoms with Crippen LogP contribution in [0.3, 0.4) is 0 Å². The van der Waals surface area contributed by atoms with Crippen LogP contribution in [0, 0.1) is 0 Å². The summed E-state index contributed by atoms with van der Waals surface area (Å²) in [4.78, 5) is 0. The van der Waals surface area contributed by atoms with Gasteiger partial charge in [-0.2, -0.15) is 0 Å². The van der Waals surface area contributed by atoms with Gasteiger partial charge in [0.25, 0.3) is 0 Å². The van der Waals surface area contributed by atoms with Crippen LogP contribution in [0.5, 0.6) is 0 Å². The van der Waals surface area contributed by atoms with Gasteiger partial charge in [-0.3, -0.25) is 0 Å². The molecular weight excluding hydrogens is 174 g/mol. The first-order valence-corrected chi connectivity index (χ1v) is 5.97. The van der Waals surface area contributed by atoms with Crippen LogP contribution in [0.4, 0.5) is 0 Å². The number of aliphatic hydroxyl groups excluding tert-OH is 1. The third-order valence-electron chi connectivity index (χ3n) is 2.98. The summed E-state index contributed by atoms with van der Waals surface area (Å²) in [5, 5.41) is 9.62. The fraction of sp³-hybridized carbons (Fsp3) is 0.833. The molecule has 2 heteroatoms. The highest BCUT2D eigenvalue weighted by atomic mass is 16.3. The van der Waals surface area contributed by atoms with Crippen molar-refractivity contribution in [1.82, 2.24) is 0 Å². The van der Waals surface area contributed by atoms with Crippen molar-refractivity contribution in [2.24, 2.45) is 5.73 Å². The van der Waals surface area contributed by atoms with E-state index >= 15 is 0 Å². The van der Waals surface area contributed by atoms with Crippen LogP contribution in [-0.2, 0) is 0 Å². The maximum Gasteiger partial charge on any atom is 0.111 e. The van der Waals surface area contributed by atoms with Crippen molar-refractivity contribution in [2.45, 2.75) is 64.2 Å². The van der Waals surface area contributed by atoms with E-state index in [0.717, 1.165) is 31.4 Å². The van der Waals surface area contributed by atoms with E-state index in [4.69, 9.17) is 5.73 Å². The number of hydrogen-bond acceptors (Lipinski definition) is 2. The van der Waals surface area contributed by atoms with Crippen LogP contribution in [0.15, 0.2) is 11.5 Å². The predicted octanol–water partition coefficient (Wildman–Crippen LogP) is 3.63. The van der Waals surface area contributed by atoms with E-state index in [9.17, 15) is 5.11 Å². The minimum Gasteiger partial charge on any atom is -0.511 e. The van der Waals surface area contributed by atoms with Gasteiger partial charge >= 0.3 is 0 Å². The van der Waals surface area contributed by atoms with E-state index in [1.54, 1.807) is 0 Å². The lowest BCUT2D eigenvalue weighted by Gasteiger charge is -2.08. The van der Waals surface area contributed by atoms with Gasteiger partial charge in [0.05, 0.1) is 0 Å². The molecule has 0 aromatic rings. The van der Waals surface area contributed by atoms with Crippen LogP contribution >= 0.6 is 0 Å². The quantitative estimate of drug-likeness (QED) is 0.623. The van der Waals surface area contributed by atoms with E-state index in [2.05, 4.69) is 0 Å². The van der Waals surface area contributed by atoms with Crippen LogP contribution in [0.25, 0.3) is 0 Å². The molecule has 0 radical (unpaired) electrons. The summed E-state index contributed by atoms with van der Waals surface area (Å²) in [5.41, 5.74) is 6.52. The van der Waals surface area contributed by atoms with Gasteiger partial charge in [-0.1, -0.05) is 38.5 Å². The topological polar surface area (TPSA) is 46.2 Å². The maximum atomic E-state index is 9.62. The molecule has 0 bridgehead atoms.